The molecule has 1 aromatic carbocycles. The minimum absolute atomic E-state index is 0.269. The van der Waals surface area contributed by atoms with Gasteiger partial charge in [0.05, 0.1) is 18.4 Å². The molecule has 1 atom stereocenters. The van der Waals surface area contributed by atoms with E-state index in [1.54, 1.807) is 18.2 Å². The number of rotatable bonds is 6. The second-order valence-electron chi connectivity index (χ2n) is 5.05. The minimum atomic E-state index is -0.333. The molecule has 0 aliphatic carbocycles. The smallest absolute Gasteiger partial charge is 0.258 e. The fourth-order valence-corrected chi connectivity index (χ4v) is 1.99. The molecule has 0 radical (unpaired) electrons. The van der Waals surface area contributed by atoms with Gasteiger partial charge in [-0.2, -0.15) is 0 Å². The van der Waals surface area contributed by atoms with Crippen molar-refractivity contribution in [3.05, 3.63) is 41.2 Å². The number of amides is 1. The van der Waals surface area contributed by atoms with E-state index >= 15 is 0 Å². The Morgan fingerprint density at radius 2 is 2.04 bits per heavy atom. The number of halogens is 1. The molecule has 0 bridgehead atoms. The predicted molar refractivity (Wildman–Crippen MR) is 91.4 cm³/mol. The highest BCUT2D eigenvalue weighted by Crippen LogP contribution is 2.28. The topological polar surface area (TPSA) is 76.1 Å². The van der Waals surface area contributed by atoms with Crippen LogP contribution in [0, 0.1) is 0 Å². The maximum absolute atomic E-state index is 12.3. The van der Waals surface area contributed by atoms with Crippen LogP contribution in [0.25, 0.3) is 0 Å². The first kappa shape index (κ1) is 17.0. The number of carbonyl (C=O) groups is 1. The quantitative estimate of drug-likeness (QED) is 0.844. The van der Waals surface area contributed by atoms with Crippen molar-refractivity contribution >= 4 is 29.1 Å². The number of benzene rings is 1. The molecule has 2 aromatic rings. The second kappa shape index (κ2) is 7.78. The van der Waals surface area contributed by atoms with Crippen LogP contribution >= 0.6 is 11.6 Å². The molecule has 7 heteroatoms. The van der Waals surface area contributed by atoms with Crippen molar-refractivity contribution in [3.8, 4) is 5.75 Å². The average molecular weight is 335 g/mol. The lowest BCUT2D eigenvalue weighted by atomic mass is 10.2. The van der Waals surface area contributed by atoms with Gasteiger partial charge in [0.2, 0.25) is 5.95 Å². The summed E-state index contributed by atoms with van der Waals surface area (Å²) in [4.78, 5) is 20.6. The molecule has 0 aliphatic heterocycles. The van der Waals surface area contributed by atoms with Crippen molar-refractivity contribution in [2.75, 3.05) is 17.7 Å². The fourth-order valence-electron chi connectivity index (χ4n) is 1.81. The van der Waals surface area contributed by atoms with Gasteiger partial charge in [0.15, 0.2) is 0 Å². The van der Waals surface area contributed by atoms with Gasteiger partial charge in [0.1, 0.15) is 5.75 Å². The normalized spacial score (nSPS) is 11.7. The van der Waals surface area contributed by atoms with E-state index < -0.39 is 0 Å². The Morgan fingerprint density at radius 3 is 2.65 bits per heavy atom. The molecule has 1 amide bonds. The Kier molecular flexibility index (Phi) is 5.76. The number of nitrogens with one attached hydrogen (secondary N) is 2. The zero-order valence-corrected chi connectivity index (χ0v) is 14.0. The molecule has 0 spiro atoms. The van der Waals surface area contributed by atoms with Gasteiger partial charge >= 0.3 is 0 Å². The zero-order chi connectivity index (χ0) is 16.8. The Labute approximate surface area is 140 Å². The largest absolute Gasteiger partial charge is 0.495 e. The Balaban J connectivity index is 2.10. The van der Waals surface area contributed by atoms with E-state index in [1.165, 1.54) is 19.5 Å². The third-order valence-electron chi connectivity index (χ3n) is 3.31. The molecule has 0 saturated heterocycles. The van der Waals surface area contributed by atoms with Crippen LogP contribution in [0.15, 0.2) is 30.6 Å². The SMILES string of the molecule is CCC(C)Nc1ncc(C(=O)Nc2cc(Cl)ccc2OC)cn1. The van der Waals surface area contributed by atoms with E-state index in [0.717, 1.165) is 6.42 Å². The average Bonchev–Trinajstić information content (AvgIpc) is 2.55. The van der Waals surface area contributed by atoms with Crippen LogP contribution in [0.1, 0.15) is 30.6 Å². The first-order chi connectivity index (χ1) is 11.0. The highest BCUT2D eigenvalue weighted by Gasteiger charge is 2.12. The molecular formula is C16H19ClN4O2. The predicted octanol–water partition coefficient (Wildman–Crippen LogP) is 3.60. The summed E-state index contributed by atoms with van der Waals surface area (Å²) in [5.41, 5.74) is 0.841. The van der Waals surface area contributed by atoms with Crippen LogP contribution < -0.4 is 15.4 Å². The summed E-state index contributed by atoms with van der Waals surface area (Å²) in [5, 5.41) is 6.39. The van der Waals surface area contributed by atoms with Crippen LogP contribution in [-0.2, 0) is 0 Å². The van der Waals surface area contributed by atoms with Crippen molar-refractivity contribution in [1.29, 1.82) is 0 Å². The number of ether oxygens (including phenoxy) is 1. The molecule has 1 aromatic heterocycles. The van der Waals surface area contributed by atoms with Gasteiger partial charge < -0.3 is 15.4 Å². The molecule has 1 unspecified atom stereocenters. The van der Waals surface area contributed by atoms with Crippen LogP contribution in [0.5, 0.6) is 5.75 Å². The van der Waals surface area contributed by atoms with Gasteiger partial charge in [0.25, 0.3) is 5.91 Å². The highest BCUT2D eigenvalue weighted by molar-refractivity contribution is 6.31. The lowest BCUT2D eigenvalue weighted by molar-refractivity contribution is 0.102. The summed E-state index contributed by atoms with van der Waals surface area (Å²) in [6, 6.07) is 5.27. The first-order valence-corrected chi connectivity index (χ1v) is 7.64. The van der Waals surface area contributed by atoms with Gasteiger partial charge in [-0.25, -0.2) is 9.97 Å². The van der Waals surface area contributed by atoms with Gasteiger partial charge in [0, 0.05) is 23.5 Å². The van der Waals surface area contributed by atoms with Crippen molar-refractivity contribution in [1.82, 2.24) is 9.97 Å². The molecule has 122 valence electrons. The van der Waals surface area contributed by atoms with Gasteiger partial charge in [-0.1, -0.05) is 18.5 Å². The third-order valence-corrected chi connectivity index (χ3v) is 3.55. The number of anilines is 2. The standard InChI is InChI=1S/C16H19ClN4O2/c1-4-10(2)20-16-18-8-11(9-19-16)15(22)21-13-7-12(17)5-6-14(13)23-3/h5-10H,4H2,1-3H3,(H,21,22)(H,18,19,20). The Hall–Kier alpha value is -2.34. The number of hydrogen-bond acceptors (Lipinski definition) is 5. The van der Waals surface area contributed by atoms with Gasteiger partial charge in [-0.15, -0.1) is 0 Å². The zero-order valence-electron chi connectivity index (χ0n) is 13.3. The van der Waals surface area contributed by atoms with Gasteiger partial charge in [-0.3, -0.25) is 4.79 Å². The molecule has 6 nitrogen and oxygen atoms in total. The maximum Gasteiger partial charge on any atom is 0.258 e. The van der Waals surface area contributed by atoms with E-state index in [2.05, 4.69) is 27.5 Å². The van der Waals surface area contributed by atoms with E-state index in [4.69, 9.17) is 16.3 Å². The number of nitrogens with zero attached hydrogens (tertiary/aromatic N) is 2. The van der Waals surface area contributed by atoms with Crippen molar-refractivity contribution in [2.24, 2.45) is 0 Å². The molecule has 0 saturated carbocycles. The summed E-state index contributed by atoms with van der Waals surface area (Å²) in [5.74, 6) is 0.690. The first-order valence-electron chi connectivity index (χ1n) is 7.27. The number of carbonyl (C=O) groups excluding carboxylic acids is 1. The summed E-state index contributed by atoms with van der Waals surface area (Å²) < 4.78 is 5.20. The maximum atomic E-state index is 12.3. The molecule has 2 N–H and O–H groups in total. The van der Waals surface area contributed by atoms with E-state index in [0.29, 0.717) is 28.0 Å². The third kappa shape index (κ3) is 4.56. The lowest BCUT2D eigenvalue weighted by Crippen LogP contribution is -2.17. The van der Waals surface area contributed by atoms with Crippen LogP contribution in [0.4, 0.5) is 11.6 Å². The molecule has 2 rings (SSSR count). The summed E-state index contributed by atoms with van der Waals surface area (Å²) in [6.45, 7) is 4.10. The summed E-state index contributed by atoms with van der Waals surface area (Å²) >= 11 is 5.95. The monoisotopic (exact) mass is 334 g/mol. The molecule has 23 heavy (non-hydrogen) atoms. The van der Waals surface area contributed by atoms with E-state index in [-0.39, 0.29) is 11.9 Å². The van der Waals surface area contributed by atoms with Crippen LogP contribution in [-0.4, -0.2) is 29.0 Å². The Bertz CT molecular complexity index is 676. The Morgan fingerprint density at radius 1 is 1.35 bits per heavy atom. The minimum Gasteiger partial charge on any atom is -0.495 e. The molecular weight excluding hydrogens is 316 g/mol. The highest BCUT2D eigenvalue weighted by atomic mass is 35.5. The van der Waals surface area contributed by atoms with Gasteiger partial charge in [-0.05, 0) is 31.5 Å². The summed E-state index contributed by atoms with van der Waals surface area (Å²) in [7, 11) is 1.53. The molecule has 0 aliphatic rings. The second-order valence-corrected chi connectivity index (χ2v) is 5.48. The number of aromatic nitrogens is 2. The van der Waals surface area contributed by atoms with Crippen molar-refractivity contribution in [3.63, 3.8) is 0 Å². The number of methoxy groups -OCH3 is 1. The van der Waals surface area contributed by atoms with Crippen molar-refractivity contribution < 1.29 is 9.53 Å². The van der Waals surface area contributed by atoms with E-state index in [9.17, 15) is 4.79 Å². The van der Waals surface area contributed by atoms with Crippen molar-refractivity contribution in [2.45, 2.75) is 26.3 Å². The lowest BCUT2D eigenvalue weighted by Gasteiger charge is -2.12. The summed E-state index contributed by atoms with van der Waals surface area (Å²) in [6.07, 6.45) is 3.91. The van der Waals surface area contributed by atoms with Crippen LogP contribution in [0.2, 0.25) is 5.02 Å². The van der Waals surface area contributed by atoms with E-state index in [1.807, 2.05) is 6.92 Å². The molecule has 0 fully saturated rings. The molecule has 1 heterocycles. The van der Waals surface area contributed by atoms with Crippen LogP contribution in [0.3, 0.4) is 0 Å². The fraction of sp³-hybridized carbons (Fsp3) is 0.312. The number of hydrogen-bond donors (Lipinski definition) is 2.